The van der Waals surface area contributed by atoms with Gasteiger partial charge in [-0.1, -0.05) is 12.6 Å². The lowest BCUT2D eigenvalue weighted by Gasteiger charge is -2.62. The smallest absolute Gasteiger partial charge is 0.207 e. The summed E-state index contributed by atoms with van der Waals surface area (Å²) < 4.78 is 6.92. The van der Waals surface area contributed by atoms with Crippen LogP contribution in [0.2, 0.25) is 0 Å². The molecule has 9 rings (SSSR count). The molecule has 2 aromatic heterocycles. The zero-order chi connectivity index (χ0) is 27.3. The summed E-state index contributed by atoms with van der Waals surface area (Å²) in [7, 11) is 1.68. The fourth-order valence-corrected chi connectivity index (χ4v) is 10.5. The van der Waals surface area contributed by atoms with E-state index in [0.29, 0.717) is 28.7 Å². The minimum atomic E-state index is -0.367. The highest BCUT2D eigenvalue weighted by Gasteiger charge is 2.63. The number of aromatic hydroxyl groups is 2. The Hall–Kier alpha value is -3.95. The Morgan fingerprint density at radius 3 is 2.33 bits per heavy atom. The molecule has 1 spiro atoms. The highest BCUT2D eigenvalue weighted by Crippen LogP contribution is 2.71. The number of nitriles is 1. The molecule has 2 N–H and O–H groups in total. The predicted octanol–water partition coefficient (Wildman–Crippen LogP) is 7.61. The van der Waals surface area contributed by atoms with Crippen LogP contribution in [0.4, 0.5) is 0 Å². The maximum absolute atomic E-state index is 12.1. The van der Waals surface area contributed by atoms with Crippen molar-refractivity contribution in [3.8, 4) is 39.7 Å². The number of fused-ring (bicyclic) bond motifs is 2. The predicted molar refractivity (Wildman–Crippen MR) is 156 cm³/mol. The maximum atomic E-state index is 12.1. The number of nitrogens with zero attached hydrogens (tertiary/aromatic N) is 2. The Labute approximate surface area is 237 Å². The number of rotatable bonds is 3. The van der Waals surface area contributed by atoms with Crippen LogP contribution in [0.5, 0.6) is 17.5 Å². The molecule has 0 amide bonds. The molecular formula is C34H30N2O3S. The van der Waals surface area contributed by atoms with Crippen molar-refractivity contribution in [1.82, 2.24) is 4.57 Å². The quantitative estimate of drug-likeness (QED) is 0.277. The second-order valence-electron chi connectivity index (χ2n) is 12.1. The zero-order valence-electron chi connectivity index (χ0n) is 22.4. The van der Waals surface area contributed by atoms with E-state index < -0.39 is 0 Å². The van der Waals surface area contributed by atoms with Gasteiger partial charge < -0.3 is 14.9 Å². The molecule has 0 radical (unpaired) electrons. The summed E-state index contributed by atoms with van der Waals surface area (Å²) in [6, 6.07) is 19.7. The van der Waals surface area contributed by atoms with Gasteiger partial charge in [0, 0.05) is 20.7 Å². The van der Waals surface area contributed by atoms with Gasteiger partial charge in [0.15, 0.2) is 0 Å². The van der Waals surface area contributed by atoms with E-state index in [0.717, 1.165) is 65.5 Å². The van der Waals surface area contributed by atoms with Gasteiger partial charge in [0.05, 0.1) is 30.0 Å². The van der Waals surface area contributed by atoms with E-state index in [1.54, 1.807) is 25.3 Å². The van der Waals surface area contributed by atoms with E-state index in [1.807, 2.05) is 29.5 Å². The molecule has 2 heterocycles. The highest BCUT2D eigenvalue weighted by atomic mass is 32.1. The SMILES string of the molecule is C=C1c2cc(-c3ccc(OC)cc3)sc2C2(c3c1c(O)n(-c1cccc(C#N)c1)c3O)C1CC3CC(C1)CC2C3. The van der Waals surface area contributed by atoms with Gasteiger partial charge in [0.2, 0.25) is 11.8 Å². The lowest BCUT2D eigenvalue weighted by molar-refractivity contribution is -0.0417. The van der Waals surface area contributed by atoms with Crippen LogP contribution >= 0.6 is 11.3 Å². The molecule has 5 nitrogen and oxygen atoms in total. The molecule has 0 unspecified atom stereocenters. The molecule has 4 fully saturated rings. The molecule has 6 heteroatoms. The van der Waals surface area contributed by atoms with Crippen LogP contribution in [0.25, 0.3) is 21.7 Å². The van der Waals surface area contributed by atoms with Crippen molar-refractivity contribution in [1.29, 1.82) is 5.26 Å². The van der Waals surface area contributed by atoms with Gasteiger partial charge in [-0.15, -0.1) is 11.3 Å². The van der Waals surface area contributed by atoms with Gasteiger partial charge >= 0.3 is 0 Å². The molecule has 5 aliphatic rings. The molecular weight excluding hydrogens is 516 g/mol. The molecule has 0 atom stereocenters. The van der Waals surface area contributed by atoms with Crippen LogP contribution in [0.1, 0.15) is 59.2 Å². The molecule has 5 aliphatic carbocycles. The maximum Gasteiger partial charge on any atom is 0.207 e. The third-order valence-electron chi connectivity index (χ3n) is 10.3. The summed E-state index contributed by atoms with van der Waals surface area (Å²) in [6.45, 7) is 4.52. The number of thiophene rings is 1. The zero-order valence-corrected chi connectivity index (χ0v) is 23.2. The van der Waals surface area contributed by atoms with Crippen molar-refractivity contribution in [2.45, 2.75) is 37.5 Å². The van der Waals surface area contributed by atoms with E-state index in [9.17, 15) is 15.5 Å². The Kier molecular flexibility index (Phi) is 4.95. The first-order chi connectivity index (χ1) is 19.4. The van der Waals surface area contributed by atoms with E-state index in [2.05, 4.69) is 30.8 Å². The third kappa shape index (κ3) is 2.96. The van der Waals surface area contributed by atoms with Crippen LogP contribution in [0, 0.1) is 35.0 Å². The van der Waals surface area contributed by atoms with Gasteiger partial charge in [0.25, 0.3) is 0 Å². The van der Waals surface area contributed by atoms with Gasteiger partial charge in [-0.3, -0.25) is 4.57 Å². The second-order valence-corrected chi connectivity index (χ2v) is 13.2. The molecule has 4 aromatic rings. The highest BCUT2D eigenvalue weighted by molar-refractivity contribution is 7.16. The summed E-state index contributed by atoms with van der Waals surface area (Å²) in [5.41, 5.74) is 5.18. The lowest BCUT2D eigenvalue weighted by atomic mass is 9.42. The Morgan fingerprint density at radius 2 is 1.68 bits per heavy atom. The third-order valence-corrected chi connectivity index (χ3v) is 11.6. The molecule has 4 bridgehead atoms. The molecule has 2 aromatic carbocycles. The standard InChI is InChI=1S/C34H30N2O3S/c1-18-27-16-28(22-6-8-26(39-2)9-7-22)40-31(27)34(23-11-20-10-21(13-23)14-24(34)12-20)30-29(18)32(37)36(33(30)38)25-5-3-4-19(15-25)17-35/h3-9,15-16,20-21,23-24,37-38H,1,10-14H2,2H3. The Morgan fingerprint density at radius 1 is 0.975 bits per heavy atom. The number of hydrogen-bond donors (Lipinski definition) is 2. The van der Waals surface area contributed by atoms with E-state index in [4.69, 9.17) is 4.74 Å². The van der Waals surface area contributed by atoms with Crippen molar-refractivity contribution in [2.75, 3.05) is 7.11 Å². The van der Waals surface area contributed by atoms with Crippen LogP contribution in [-0.4, -0.2) is 21.9 Å². The van der Waals surface area contributed by atoms with Gasteiger partial charge in [-0.25, -0.2) is 0 Å². The van der Waals surface area contributed by atoms with Gasteiger partial charge in [-0.05, 0) is 121 Å². The molecule has 0 aliphatic heterocycles. The fraction of sp³-hybridized carbons (Fsp3) is 0.324. The van der Waals surface area contributed by atoms with Crippen LogP contribution < -0.4 is 4.74 Å². The number of aromatic nitrogens is 1. The summed E-state index contributed by atoms with van der Waals surface area (Å²) in [4.78, 5) is 2.46. The van der Waals surface area contributed by atoms with Crippen LogP contribution in [0.3, 0.4) is 0 Å². The first-order valence-electron chi connectivity index (χ1n) is 14.1. The second kappa shape index (κ2) is 8.28. The molecule has 0 saturated heterocycles. The fourth-order valence-electron chi connectivity index (χ4n) is 8.96. The van der Waals surface area contributed by atoms with Gasteiger partial charge in [-0.2, -0.15) is 5.26 Å². The number of ether oxygens (including phenoxy) is 1. The number of methoxy groups -OCH3 is 1. The van der Waals surface area contributed by atoms with Crippen molar-refractivity contribution in [2.24, 2.45) is 23.7 Å². The first kappa shape index (κ1) is 23.9. The Balaban J connectivity index is 1.40. The van der Waals surface area contributed by atoms with E-state index >= 15 is 0 Å². The van der Waals surface area contributed by atoms with Gasteiger partial charge in [0.1, 0.15) is 5.75 Å². The van der Waals surface area contributed by atoms with Crippen molar-refractivity contribution in [3.63, 3.8) is 0 Å². The van der Waals surface area contributed by atoms with Crippen molar-refractivity contribution in [3.05, 3.63) is 88.3 Å². The molecule has 40 heavy (non-hydrogen) atoms. The average molecular weight is 547 g/mol. The summed E-state index contributed by atoms with van der Waals surface area (Å²) in [5, 5.41) is 33.5. The van der Waals surface area contributed by atoms with E-state index in [-0.39, 0.29) is 17.2 Å². The number of hydrogen-bond acceptors (Lipinski definition) is 5. The van der Waals surface area contributed by atoms with Crippen molar-refractivity contribution < 1.29 is 14.9 Å². The largest absolute Gasteiger partial charge is 0.497 e. The number of benzene rings is 2. The summed E-state index contributed by atoms with van der Waals surface area (Å²) in [5.74, 6) is 3.22. The van der Waals surface area contributed by atoms with E-state index in [1.165, 1.54) is 20.7 Å². The monoisotopic (exact) mass is 546 g/mol. The average Bonchev–Trinajstić information content (AvgIpc) is 3.53. The van der Waals surface area contributed by atoms with Crippen LogP contribution in [-0.2, 0) is 5.41 Å². The summed E-state index contributed by atoms with van der Waals surface area (Å²) >= 11 is 1.83. The van der Waals surface area contributed by atoms with Crippen molar-refractivity contribution >= 4 is 16.9 Å². The molecule has 200 valence electrons. The Bertz CT molecular complexity index is 1720. The topological polar surface area (TPSA) is 78.4 Å². The minimum Gasteiger partial charge on any atom is -0.497 e. The first-order valence-corrected chi connectivity index (χ1v) is 14.9. The minimum absolute atomic E-state index is 0.00335. The summed E-state index contributed by atoms with van der Waals surface area (Å²) in [6.07, 6.45) is 5.95. The molecule has 4 saturated carbocycles. The normalized spacial score (nSPS) is 27.4. The lowest BCUT2D eigenvalue weighted by Crippen LogP contribution is -2.56. The van der Waals surface area contributed by atoms with Crippen LogP contribution in [0.15, 0.2) is 61.2 Å².